The first-order valence-electron chi connectivity index (χ1n) is 8.13. The smallest absolute Gasteiger partial charge is 0.350 e. The van der Waals surface area contributed by atoms with Gasteiger partial charge < -0.3 is 19.5 Å². The lowest BCUT2D eigenvalue weighted by molar-refractivity contribution is -0.116. The van der Waals surface area contributed by atoms with Gasteiger partial charge in [-0.1, -0.05) is 17.4 Å². The molecule has 1 amide bonds. The Hall–Kier alpha value is -2.61. The van der Waals surface area contributed by atoms with E-state index < -0.39 is 5.97 Å². The molecule has 26 heavy (non-hydrogen) atoms. The number of carbonyl (C=O) groups is 2. The molecule has 0 saturated carbocycles. The third-order valence-electron chi connectivity index (χ3n) is 3.59. The molecule has 2 aromatic rings. The number of rotatable bonds is 8. The minimum absolute atomic E-state index is 0.177. The highest BCUT2D eigenvalue weighted by Crippen LogP contribution is 2.28. The molecular formula is C18H22N2O5S. The van der Waals surface area contributed by atoms with Crippen molar-refractivity contribution in [3.05, 3.63) is 34.3 Å². The molecule has 0 fully saturated rings. The molecule has 1 N–H and O–H groups in total. The van der Waals surface area contributed by atoms with Gasteiger partial charge in [0.1, 0.15) is 4.88 Å². The molecular weight excluding hydrogens is 356 g/mol. The molecule has 0 atom stereocenters. The topological polar surface area (TPSA) is 86.8 Å². The number of aryl methyl sites for hydroxylation is 2. The maximum atomic E-state index is 12.2. The van der Waals surface area contributed by atoms with Crippen LogP contribution in [0.15, 0.2) is 18.2 Å². The standard InChI is InChI=1S/C18H22N2O5S/c1-5-25-17(22)16-11(2)19-18(26-16)20-15(21)9-7-12-6-8-13(23-3)14(10-12)24-4/h6,8,10H,5,7,9H2,1-4H3,(H,19,20,21). The highest BCUT2D eigenvalue weighted by molar-refractivity contribution is 7.17. The van der Waals surface area contributed by atoms with Gasteiger partial charge in [0.25, 0.3) is 0 Å². The van der Waals surface area contributed by atoms with E-state index in [2.05, 4.69) is 10.3 Å². The summed E-state index contributed by atoms with van der Waals surface area (Å²) < 4.78 is 15.4. The molecule has 7 nitrogen and oxygen atoms in total. The van der Waals surface area contributed by atoms with E-state index in [-0.39, 0.29) is 12.3 Å². The first-order chi connectivity index (χ1) is 12.5. The van der Waals surface area contributed by atoms with Crippen molar-refractivity contribution in [3.8, 4) is 11.5 Å². The Morgan fingerprint density at radius 3 is 2.58 bits per heavy atom. The number of aromatic nitrogens is 1. The van der Waals surface area contributed by atoms with Crippen molar-refractivity contribution in [3.63, 3.8) is 0 Å². The maximum absolute atomic E-state index is 12.2. The van der Waals surface area contributed by atoms with Gasteiger partial charge in [-0.2, -0.15) is 0 Å². The van der Waals surface area contributed by atoms with Gasteiger partial charge in [-0.05, 0) is 38.0 Å². The number of hydrogen-bond donors (Lipinski definition) is 1. The molecule has 140 valence electrons. The Balaban J connectivity index is 1.95. The molecule has 1 aromatic carbocycles. The molecule has 0 unspecified atom stereocenters. The summed E-state index contributed by atoms with van der Waals surface area (Å²) >= 11 is 1.11. The summed E-state index contributed by atoms with van der Waals surface area (Å²) in [6.45, 7) is 3.75. The van der Waals surface area contributed by atoms with Crippen molar-refractivity contribution in [1.29, 1.82) is 0 Å². The number of hydrogen-bond acceptors (Lipinski definition) is 7. The van der Waals surface area contributed by atoms with Gasteiger partial charge in [0.05, 0.1) is 26.5 Å². The molecule has 0 aliphatic carbocycles. The first-order valence-corrected chi connectivity index (χ1v) is 8.95. The van der Waals surface area contributed by atoms with E-state index in [1.165, 1.54) is 0 Å². The molecule has 0 saturated heterocycles. The summed E-state index contributed by atoms with van der Waals surface area (Å²) in [5.41, 5.74) is 1.50. The van der Waals surface area contributed by atoms with Crippen LogP contribution >= 0.6 is 11.3 Å². The predicted molar refractivity (Wildman–Crippen MR) is 99.3 cm³/mol. The lowest BCUT2D eigenvalue weighted by Crippen LogP contribution is -2.12. The monoisotopic (exact) mass is 378 g/mol. The van der Waals surface area contributed by atoms with Crippen molar-refractivity contribution in [1.82, 2.24) is 4.98 Å². The molecule has 0 bridgehead atoms. The minimum atomic E-state index is -0.423. The van der Waals surface area contributed by atoms with Crippen LogP contribution in [-0.4, -0.2) is 37.7 Å². The first kappa shape index (κ1) is 19.7. The molecule has 0 radical (unpaired) electrons. The normalized spacial score (nSPS) is 10.3. The molecule has 1 heterocycles. The van der Waals surface area contributed by atoms with E-state index in [0.29, 0.717) is 40.2 Å². The number of benzene rings is 1. The second kappa shape index (κ2) is 9.19. The Morgan fingerprint density at radius 2 is 1.92 bits per heavy atom. The van der Waals surface area contributed by atoms with Gasteiger partial charge in [-0.25, -0.2) is 9.78 Å². The number of amides is 1. The zero-order chi connectivity index (χ0) is 19.1. The van der Waals surface area contributed by atoms with Gasteiger partial charge in [0.15, 0.2) is 16.6 Å². The van der Waals surface area contributed by atoms with Gasteiger partial charge in [-0.15, -0.1) is 0 Å². The van der Waals surface area contributed by atoms with Crippen LogP contribution in [0, 0.1) is 6.92 Å². The quantitative estimate of drug-likeness (QED) is 0.710. The van der Waals surface area contributed by atoms with Gasteiger partial charge in [0, 0.05) is 6.42 Å². The Labute approximate surface area is 156 Å². The molecule has 1 aromatic heterocycles. The van der Waals surface area contributed by atoms with E-state index >= 15 is 0 Å². The van der Waals surface area contributed by atoms with Crippen LogP contribution in [0.1, 0.15) is 34.3 Å². The van der Waals surface area contributed by atoms with Crippen LogP contribution < -0.4 is 14.8 Å². The third-order valence-corrected chi connectivity index (χ3v) is 4.65. The number of ether oxygens (including phenoxy) is 3. The fourth-order valence-corrected chi connectivity index (χ4v) is 3.19. The molecule has 0 spiro atoms. The lowest BCUT2D eigenvalue weighted by atomic mass is 10.1. The molecule has 0 aliphatic rings. The summed E-state index contributed by atoms with van der Waals surface area (Å²) in [7, 11) is 3.14. The van der Waals surface area contributed by atoms with Crippen molar-refractivity contribution in [2.45, 2.75) is 26.7 Å². The second-order valence-corrected chi connectivity index (χ2v) is 6.39. The number of nitrogens with zero attached hydrogens (tertiary/aromatic N) is 1. The van der Waals surface area contributed by atoms with Crippen molar-refractivity contribution >= 4 is 28.3 Å². The van der Waals surface area contributed by atoms with E-state index in [1.54, 1.807) is 28.1 Å². The lowest BCUT2D eigenvalue weighted by Gasteiger charge is -2.09. The van der Waals surface area contributed by atoms with Crippen LogP contribution in [0.4, 0.5) is 5.13 Å². The summed E-state index contributed by atoms with van der Waals surface area (Å²) in [6, 6.07) is 5.54. The van der Waals surface area contributed by atoms with Crippen molar-refractivity contribution in [2.24, 2.45) is 0 Å². The van der Waals surface area contributed by atoms with Crippen LogP contribution in [0.2, 0.25) is 0 Å². The SMILES string of the molecule is CCOC(=O)c1sc(NC(=O)CCc2ccc(OC)c(OC)c2)nc1C. The van der Waals surface area contributed by atoms with Crippen molar-refractivity contribution < 1.29 is 23.8 Å². The van der Waals surface area contributed by atoms with E-state index in [0.717, 1.165) is 16.9 Å². The average Bonchev–Trinajstić information content (AvgIpc) is 3.00. The minimum Gasteiger partial charge on any atom is -0.493 e. The fourth-order valence-electron chi connectivity index (χ4n) is 2.31. The van der Waals surface area contributed by atoms with Crippen molar-refractivity contribution in [2.75, 3.05) is 26.1 Å². The summed E-state index contributed by atoms with van der Waals surface area (Å²) in [5.74, 6) is 0.669. The predicted octanol–water partition coefficient (Wildman–Crippen LogP) is 3.22. The summed E-state index contributed by atoms with van der Waals surface area (Å²) in [5, 5.41) is 3.12. The molecule has 0 aliphatic heterocycles. The van der Waals surface area contributed by atoms with Gasteiger partial charge >= 0.3 is 5.97 Å². The number of nitrogens with one attached hydrogen (secondary N) is 1. The zero-order valence-electron chi connectivity index (χ0n) is 15.3. The van der Waals surface area contributed by atoms with Gasteiger partial charge in [-0.3, -0.25) is 4.79 Å². The molecule has 8 heteroatoms. The van der Waals surface area contributed by atoms with Crippen LogP contribution in [0.25, 0.3) is 0 Å². The molecule has 2 rings (SSSR count). The number of methoxy groups -OCH3 is 2. The second-order valence-electron chi connectivity index (χ2n) is 5.39. The number of carbonyl (C=O) groups excluding carboxylic acids is 2. The van der Waals surface area contributed by atoms with E-state index in [9.17, 15) is 9.59 Å². The van der Waals surface area contributed by atoms with Crippen LogP contribution in [0.5, 0.6) is 11.5 Å². The largest absolute Gasteiger partial charge is 0.493 e. The van der Waals surface area contributed by atoms with Crippen LogP contribution in [0.3, 0.4) is 0 Å². The number of anilines is 1. The Kier molecular flexibility index (Phi) is 6.97. The van der Waals surface area contributed by atoms with E-state index in [1.807, 2.05) is 18.2 Å². The maximum Gasteiger partial charge on any atom is 0.350 e. The highest BCUT2D eigenvalue weighted by Gasteiger charge is 2.17. The van der Waals surface area contributed by atoms with E-state index in [4.69, 9.17) is 14.2 Å². The average molecular weight is 378 g/mol. The van der Waals surface area contributed by atoms with Gasteiger partial charge in [0.2, 0.25) is 5.91 Å². The summed E-state index contributed by atoms with van der Waals surface area (Å²) in [4.78, 5) is 28.6. The third kappa shape index (κ3) is 4.95. The zero-order valence-corrected chi connectivity index (χ0v) is 16.1. The fraction of sp³-hybridized carbons (Fsp3) is 0.389. The Morgan fingerprint density at radius 1 is 1.19 bits per heavy atom. The number of esters is 1. The Bertz CT molecular complexity index is 788. The number of thiazole rings is 1. The highest BCUT2D eigenvalue weighted by atomic mass is 32.1. The van der Waals surface area contributed by atoms with Crippen LogP contribution in [-0.2, 0) is 16.0 Å². The summed E-state index contributed by atoms with van der Waals surface area (Å²) in [6.07, 6.45) is 0.824.